The monoisotopic (exact) mass is 291 g/mol. The van der Waals surface area contributed by atoms with Crippen LogP contribution >= 0.6 is 0 Å². The lowest BCUT2D eigenvalue weighted by molar-refractivity contribution is -0.145. The van der Waals surface area contributed by atoms with E-state index < -0.39 is 17.6 Å². The predicted octanol–water partition coefficient (Wildman–Crippen LogP) is 3.00. The van der Waals surface area contributed by atoms with Gasteiger partial charge >= 0.3 is 6.18 Å². The molecule has 0 radical (unpaired) electrons. The van der Waals surface area contributed by atoms with Crippen molar-refractivity contribution in [3.63, 3.8) is 0 Å². The number of aromatic nitrogens is 3. The van der Waals surface area contributed by atoms with Crippen LogP contribution < -0.4 is 5.56 Å². The molecule has 0 saturated carbocycles. The lowest BCUT2D eigenvalue weighted by Crippen LogP contribution is -2.18. The molecule has 7 heteroatoms. The van der Waals surface area contributed by atoms with E-state index in [0.29, 0.717) is 11.1 Å². The molecule has 106 valence electrons. The van der Waals surface area contributed by atoms with Crippen LogP contribution in [0.4, 0.5) is 13.2 Å². The highest BCUT2D eigenvalue weighted by atomic mass is 19.4. The number of pyridine rings is 1. The van der Waals surface area contributed by atoms with Gasteiger partial charge in [0.25, 0.3) is 5.56 Å². The molecule has 0 fully saturated rings. The van der Waals surface area contributed by atoms with Gasteiger partial charge in [-0.2, -0.15) is 13.2 Å². The Morgan fingerprint density at radius 1 is 1.10 bits per heavy atom. The Bertz CT molecular complexity index is 871. The van der Waals surface area contributed by atoms with Crippen molar-refractivity contribution in [2.24, 2.45) is 0 Å². The molecule has 0 bridgehead atoms. The minimum Gasteiger partial charge on any atom is -0.303 e. The van der Waals surface area contributed by atoms with Gasteiger partial charge in [-0.15, -0.1) is 0 Å². The van der Waals surface area contributed by atoms with E-state index in [-0.39, 0.29) is 5.69 Å². The SMILES string of the molecule is O=c1cc(-c2ccc3cccnc3c2)nc(C(F)(F)F)[nH]1. The zero-order valence-corrected chi connectivity index (χ0v) is 10.5. The topological polar surface area (TPSA) is 58.6 Å². The van der Waals surface area contributed by atoms with E-state index in [1.807, 2.05) is 6.07 Å². The van der Waals surface area contributed by atoms with Crippen LogP contribution in [0, 0.1) is 0 Å². The van der Waals surface area contributed by atoms with Gasteiger partial charge in [-0.25, -0.2) is 4.98 Å². The second kappa shape index (κ2) is 4.69. The highest BCUT2D eigenvalue weighted by Gasteiger charge is 2.34. The number of benzene rings is 1. The smallest absolute Gasteiger partial charge is 0.303 e. The van der Waals surface area contributed by atoms with Gasteiger partial charge in [0, 0.05) is 23.2 Å². The van der Waals surface area contributed by atoms with Crippen LogP contribution in [0.5, 0.6) is 0 Å². The summed E-state index contributed by atoms with van der Waals surface area (Å²) >= 11 is 0. The fourth-order valence-corrected chi connectivity index (χ4v) is 1.97. The van der Waals surface area contributed by atoms with Crippen LogP contribution in [0.2, 0.25) is 0 Å². The molecule has 0 saturated heterocycles. The Morgan fingerprint density at radius 2 is 1.90 bits per heavy atom. The number of halogens is 3. The third-order valence-corrected chi connectivity index (χ3v) is 2.91. The molecule has 0 amide bonds. The molecule has 3 aromatic rings. The Hall–Kier alpha value is -2.70. The summed E-state index contributed by atoms with van der Waals surface area (Å²) in [5.41, 5.74) is 0.121. The fourth-order valence-electron chi connectivity index (χ4n) is 1.97. The summed E-state index contributed by atoms with van der Waals surface area (Å²) in [6.07, 6.45) is -3.12. The number of hydrogen-bond donors (Lipinski definition) is 1. The summed E-state index contributed by atoms with van der Waals surface area (Å²) in [6, 6.07) is 9.53. The molecule has 2 heterocycles. The van der Waals surface area contributed by atoms with E-state index in [4.69, 9.17) is 0 Å². The predicted molar refractivity (Wildman–Crippen MR) is 70.6 cm³/mol. The summed E-state index contributed by atoms with van der Waals surface area (Å²) in [7, 11) is 0. The minimum absolute atomic E-state index is 0.0429. The molecular weight excluding hydrogens is 283 g/mol. The van der Waals surface area contributed by atoms with Gasteiger partial charge in [0.05, 0.1) is 11.2 Å². The maximum atomic E-state index is 12.7. The first-order chi connectivity index (χ1) is 9.93. The number of alkyl halides is 3. The van der Waals surface area contributed by atoms with E-state index in [1.54, 1.807) is 35.4 Å². The molecule has 2 aromatic heterocycles. The third-order valence-electron chi connectivity index (χ3n) is 2.91. The number of aromatic amines is 1. The molecule has 0 aliphatic rings. The number of H-pyrrole nitrogens is 1. The van der Waals surface area contributed by atoms with Gasteiger partial charge in [0.15, 0.2) is 0 Å². The molecule has 0 atom stereocenters. The van der Waals surface area contributed by atoms with Crippen LogP contribution in [0.15, 0.2) is 47.4 Å². The summed E-state index contributed by atoms with van der Waals surface area (Å²) in [4.78, 5) is 20.7. The largest absolute Gasteiger partial charge is 0.449 e. The van der Waals surface area contributed by atoms with Gasteiger partial charge in [-0.1, -0.05) is 18.2 Å². The number of nitrogens with zero attached hydrogens (tertiary/aromatic N) is 2. The molecule has 1 N–H and O–H groups in total. The summed E-state index contributed by atoms with van der Waals surface area (Å²) in [5, 5.41) is 0.849. The molecule has 21 heavy (non-hydrogen) atoms. The van der Waals surface area contributed by atoms with Crippen molar-refractivity contribution >= 4 is 10.9 Å². The summed E-state index contributed by atoms with van der Waals surface area (Å²) in [5.74, 6) is -1.31. The van der Waals surface area contributed by atoms with Crippen molar-refractivity contribution in [1.82, 2.24) is 15.0 Å². The second-order valence-electron chi connectivity index (χ2n) is 4.39. The van der Waals surface area contributed by atoms with Crippen LogP contribution in [-0.2, 0) is 6.18 Å². The Morgan fingerprint density at radius 3 is 2.67 bits per heavy atom. The Balaban J connectivity index is 2.18. The third kappa shape index (κ3) is 2.62. The van der Waals surface area contributed by atoms with Crippen molar-refractivity contribution in [3.8, 4) is 11.3 Å². The van der Waals surface area contributed by atoms with Crippen LogP contribution in [-0.4, -0.2) is 15.0 Å². The first kappa shape index (κ1) is 13.3. The first-order valence-electron chi connectivity index (χ1n) is 5.97. The van der Waals surface area contributed by atoms with Crippen LogP contribution in [0.3, 0.4) is 0 Å². The van der Waals surface area contributed by atoms with Gasteiger partial charge in [0.2, 0.25) is 5.82 Å². The van der Waals surface area contributed by atoms with E-state index >= 15 is 0 Å². The number of rotatable bonds is 1. The van der Waals surface area contributed by atoms with Crippen molar-refractivity contribution in [2.45, 2.75) is 6.18 Å². The molecule has 0 unspecified atom stereocenters. The second-order valence-corrected chi connectivity index (χ2v) is 4.39. The molecule has 0 aliphatic heterocycles. The molecule has 3 rings (SSSR count). The van der Waals surface area contributed by atoms with Gasteiger partial charge in [-0.05, 0) is 12.1 Å². The maximum Gasteiger partial charge on any atom is 0.449 e. The van der Waals surface area contributed by atoms with Crippen molar-refractivity contribution < 1.29 is 13.2 Å². The lowest BCUT2D eigenvalue weighted by Gasteiger charge is -2.07. The highest BCUT2D eigenvalue weighted by Crippen LogP contribution is 2.27. The first-order valence-corrected chi connectivity index (χ1v) is 5.97. The minimum atomic E-state index is -4.70. The zero-order valence-electron chi connectivity index (χ0n) is 10.5. The van der Waals surface area contributed by atoms with E-state index in [2.05, 4.69) is 9.97 Å². The standard InChI is InChI=1S/C14H8F3N3O/c15-14(16,17)13-19-11(7-12(21)20-13)9-4-3-8-2-1-5-18-10(8)6-9/h1-7H,(H,19,20,21). The van der Waals surface area contributed by atoms with Crippen LogP contribution in [0.1, 0.15) is 5.82 Å². The van der Waals surface area contributed by atoms with Crippen LogP contribution in [0.25, 0.3) is 22.2 Å². The number of hydrogen-bond acceptors (Lipinski definition) is 3. The van der Waals surface area contributed by atoms with Crippen molar-refractivity contribution in [2.75, 3.05) is 0 Å². The summed E-state index contributed by atoms with van der Waals surface area (Å²) in [6.45, 7) is 0. The molecule has 4 nitrogen and oxygen atoms in total. The van der Waals surface area contributed by atoms with Gasteiger partial charge < -0.3 is 4.98 Å². The fraction of sp³-hybridized carbons (Fsp3) is 0.0714. The molecule has 0 aliphatic carbocycles. The Labute approximate surface area is 116 Å². The average molecular weight is 291 g/mol. The van der Waals surface area contributed by atoms with E-state index in [9.17, 15) is 18.0 Å². The Kier molecular flexibility index (Phi) is 2.97. The maximum absolute atomic E-state index is 12.7. The molecule has 1 aromatic carbocycles. The average Bonchev–Trinajstić information content (AvgIpc) is 2.45. The normalized spacial score (nSPS) is 11.8. The van der Waals surface area contributed by atoms with Gasteiger partial charge in [-0.3, -0.25) is 9.78 Å². The molecular formula is C14H8F3N3O. The quantitative estimate of drug-likeness (QED) is 0.749. The molecule has 0 spiro atoms. The van der Waals surface area contributed by atoms with E-state index in [0.717, 1.165) is 11.5 Å². The van der Waals surface area contributed by atoms with Crippen molar-refractivity contribution in [3.05, 3.63) is 58.8 Å². The number of nitrogens with one attached hydrogen (secondary N) is 1. The lowest BCUT2D eigenvalue weighted by atomic mass is 10.1. The number of fused-ring (bicyclic) bond motifs is 1. The van der Waals surface area contributed by atoms with E-state index in [1.165, 1.54) is 0 Å². The summed E-state index contributed by atoms with van der Waals surface area (Å²) < 4.78 is 38.0. The van der Waals surface area contributed by atoms with Crippen molar-refractivity contribution in [1.29, 1.82) is 0 Å². The zero-order chi connectivity index (χ0) is 15.0. The highest BCUT2D eigenvalue weighted by molar-refractivity contribution is 5.83. The van der Waals surface area contributed by atoms with Gasteiger partial charge in [0.1, 0.15) is 0 Å².